The van der Waals surface area contributed by atoms with Gasteiger partial charge in [0.15, 0.2) is 11.6 Å². The molecular weight excluding hydrogens is 449 g/mol. The van der Waals surface area contributed by atoms with Gasteiger partial charge in [0.05, 0.1) is 23.1 Å². The fourth-order valence-electron chi connectivity index (χ4n) is 4.20. The lowest BCUT2D eigenvalue weighted by Crippen LogP contribution is -2.29. The van der Waals surface area contributed by atoms with Gasteiger partial charge in [-0.1, -0.05) is 12.1 Å². The summed E-state index contributed by atoms with van der Waals surface area (Å²) in [7, 11) is 1.46. The summed E-state index contributed by atoms with van der Waals surface area (Å²) in [4.78, 5) is 26.2. The maximum absolute atomic E-state index is 13.4. The Morgan fingerprint density at radius 2 is 1.82 bits per heavy atom. The molecule has 34 heavy (non-hydrogen) atoms. The summed E-state index contributed by atoms with van der Waals surface area (Å²) in [5.74, 6) is 0.248. The first-order valence-electron chi connectivity index (χ1n) is 11.2. The van der Waals surface area contributed by atoms with E-state index < -0.39 is 23.3 Å². The van der Waals surface area contributed by atoms with Crippen molar-refractivity contribution in [2.45, 2.75) is 64.9 Å². The molecule has 1 N–H and O–H groups in total. The van der Waals surface area contributed by atoms with Gasteiger partial charge in [0, 0.05) is 19.3 Å². The van der Waals surface area contributed by atoms with Crippen molar-refractivity contribution < 1.29 is 17.9 Å². The molecule has 2 heterocycles. The molecule has 1 aliphatic carbocycles. The fourth-order valence-corrected chi connectivity index (χ4v) is 4.20. The first kappa shape index (κ1) is 23.8. The van der Waals surface area contributed by atoms with Gasteiger partial charge in [-0.2, -0.15) is 18.3 Å². The van der Waals surface area contributed by atoms with Crippen LogP contribution in [0.1, 0.15) is 62.4 Å². The number of hydrogen-bond acceptors (Lipinski definition) is 5. The minimum absolute atomic E-state index is 0.0199. The number of fused-ring (bicyclic) bond motifs is 1. The van der Waals surface area contributed by atoms with Crippen molar-refractivity contribution in [1.82, 2.24) is 14.3 Å². The van der Waals surface area contributed by atoms with E-state index in [0.717, 1.165) is 23.6 Å². The van der Waals surface area contributed by atoms with Gasteiger partial charge < -0.3 is 14.6 Å². The third-order valence-corrected chi connectivity index (χ3v) is 6.00. The molecule has 1 aromatic carbocycles. The highest BCUT2D eigenvalue weighted by Crippen LogP contribution is 2.38. The number of halogens is 3. The second-order valence-electron chi connectivity index (χ2n) is 9.02. The molecule has 0 spiro atoms. The number of aromatic nitrogens is 3. The molecule has 1 aliphatic rings. The van der Waals surface area contributed by atoms with Crippen LogP contribution in [0.4, 0.5) is 19.0 Å². The third-order valence-electron chi connectivity index (χ3n) is 6.00. The summed E-state index contributed by atoms with van der Waals surface area (Å²) in [5.41, 5.74) is -0.998. The van der Waals surface area contributed by atoms with E-state index in [1.807, 2.05) is 0 Å². The van der Waals surface area contributed by atoms with E-state index >= 15 is 0 Å². The molecule has 10 heteroatoms. The van der Waals surface area contributed by atoms with Gasteiger partial charge in [0.1, 0.15) is 5.39 Å². The molecule has 0 amide bonds. The smallest absolute Gasteiger partial charge is 0.416 e. The standard InChI is InChI=1S/C24H27F3N4O3/c1-12(2)34-20-19-17(11-31(23(20)33)15-9-10-15)21(29-30(5)22(19)32)28-14(4)16-7-6-8-18(13(16)3)24(25,26)27/h6-8,11-12,14-15H,9-10H2,1-5H3,(H,28,29). The van der Waals surface area contributed by atoms with Crippen LogP contribution in [0.15, 0.2) is 34.0 Å². The molecule has 1 fully saturated rings. The summed E-state index contributed by atoms with van der Waals surface area (Å²) in [6.07, 6.45) is -1.52. The Balaban J connectivity index is 1.89. The zero-order chi connectivity index (χ0) is 24.9. The van der Waals surface area contributed by atoms with E-state index in [1.165, 1.54) is 20.0 Å². The molecule has 182 valence electrons. The topological polar surface area (TPSA) is 78.2 Å². The molecule has 7 nitrogen and oxygen atoms in total. The lowest BCUT2D eigenvalue weighted by atomic mass is 9.97. The summed E-state index contributed by atoms with van der Waals surface area (Å²) in [6.45, 7) is 6.69. The summed E-state index contributed by atoms with van der Waals surface area (Å²) < 4.78 is 48.7. The van der Waals surface area contributed by atoms with Gasteiger partial charge >= 0.3 is 6.18 Å². The van der Waals surface area contributed by atoms with Crippen molar-refractivity contribution in [2.75, 3.05) is 5.32 Å². The van der Waals surface area contributed by atoms with Crippen LogP contribution in [0.25, 0.3) is 10.8 Å². The van der Waals surface area contributed by atoms with Crippen LogP contribution in [0, 0.1) is 6.92 Å². The van der Waals surface area contributed by atoms with Gasteiger partial charge in [-0.15, -0.1) is 0 Å². The number of alkyl halides is 3. The van der Waals surface area contributed by atoms with E-state index in [0.29, 0.717) is 10.9 Å². The van der Waals surface area contributed by atoms with Crippen LogP contribution in [0.3, 0.4) is 0 Å². The van der Waals surface area contributed by atoms with Crippen LogP contribution >= 0.6 is 0 Å². The molecule has 4 rings (SSSR count). The summed E-state index contributed by atoms with van der Waals surface area (Å²) in [6, 6.07) is 3.50. The monoisotopic (exact) mass is 476 g/mol. The van der Waals surface area contributed by atoms with E-state index in [1.54, 1.807) is 37.6 Å². The third kappa shape index (κ3) is 4.28. The number of ether oxygens (including phenoxy) is 1. The van der Waals surface area contributed by atoms with E-state index in [-0.39, 0.29) is 40.2 Å². The van der Waals surface area contributed by atoms with Crippen LogP contribution in [-0.4, -0.2) is 20.5 Å². The number of aryl methyl sites for hydroxylation is 1. The Bertz CT molecular complexity index is 1370. The fraction of sp³-hybridized carbons (Fsp3) is 0.458. The Labute approximate surface area is 194 Å². The van der Waals surface area contributed by atoms with Gasteiger partial charge in [-0.05, 0) is 57.7 Å². The van der Waals surface area contributed by atoms with Crippen LogP contribution in [0.2, 0.25) is 0 Å². The molecule has 0 bridgehead atoms. The Morgan fingerprint density at radius 3 is 2.41 bits per heavy atom. The van der Waals surface area contributed by atoms with Crippen molar-refractivity contribution in [3.05, 3.63) is 61.8 Å². The zero-order valence-corrected chi connectivity index (χ0v) is 19.7. The van der Waals surface area contributed by atoms with E-state index in [4.69, 9.17) is 4.74 Å². The second kappa shape index (κ2) is 8.48. The zero-order valence-electron chi connectivity index (χ0n) is 19.7. The molecule has 0 saturated heterocycles. The highest BCUT2D eigenvalue weighted by molar-refractivity contribution is 5.94. The van der Waals surface area contributed by atoms with Crippen molar-refractivity contribution >= 4 is 16.6 Å². The number of nitrogens with one attached hydrogen (secondary N) is 1. The molecule has 3 aromatic rings. The first-order valence-corrected chi connectivity index (χ1v) is 11.2. The highest BCUT2D eigenvalue weighted by atomic mass is 19.4. The number of hydrogen-bond donors (Lipinski definition) is 1. The number of pyridine rings is 1. The van der Waals surface area contributed by atoms with Gasteiger partial charge in [0.25, 0.3) is 11.1 Å². The average molecular weight is 476 g/mol. The summed E-state index contributed by atoms with van der Waals surface area (Å²) in [5, 5.41) is 8.00. The van der Waals surface area contributed by atoms with E-state index in [9.17, 15) is 22.8 Å². The lowest BCUT2D eigenvalue weighted by molar-refractivity contribution is -0.138. The van der Waals surface area contributed by atoms with Crippen LogP contribution in [0.5, 0.6) is 5.75 Å². The predicted octanol–water partition coefficient (Wildman–Crippen LogP) is 4.72. The van der Waals surface area contributed by atoms with Crippen molar-refractivity contribution in [3.8, 4) is 5.75 Å². The lowest BCUT2D eigenvalue weighted by Gasteiger charge is -2.22. The maximum Gasteiger partial charge on any atom is 0.416 e. The first-order chi connectivity index (χ1) is 15.9. The van der Waals surface area contributed by atoms with E-state index in [2.05, 4.69) is 10.4 Å². The minimum atomic E-state index is -4.47. The second-order valence-corrected chi connectivity index (χ2v) is 9.02. The highest BCUT2D eigenvalue weighted by Gasteiger charge is 2.34. The van der Waals surface area contributed by atoms with Crippen LogP contribution in [-0.2, 0) is 13.2 Å². The Kier molecular flexibility index (Phi) is 5.95. The van der Waals surface area contributed by atoms with Crippen molar-refractivity contribution in [3.63, 3.8) is 0 Å². The molecule has 1 unspecified atom stereocenters. The maximum atomic E-state index is 13.4. The molecule has 2 aromatic heterocycles. The largest absolute Gasteiger partial charge is 0.485 e. The van der Waals surface area contributed by atoms with Gasteiger partial charge in [-0.3, -0.25) is 9.59 Å². The number of benzene rings is 1. The Morgan fingerprint density at radius 1 is 1.15 bits per heavy atom. The molecule has 0 aliphatic heterocycles. The number of nitrogens with zero attached hydrogens (tertiary/aromatic N) is 3. The van der Waals surface area contributed by atoms with Crippen LogP contribution < -0.4 is 21.2 Å². The molecule has 0 radical (unpaired) electrons. The quantitative estimate of drug-likeness (QED) is 0.557. The molecule has 1 saturated carbocycles. The summed E-state index contributed by atoms with van der Waals surface area (Å²) >= 11 is 0. The molecule has 1 atom stereocenters. The predicted molar refractivity (Wildman–Crippen MR) is 123 cm³/mol. The van der Waals surface area contributed by atoms with Gasteiger partial charge in [-0.25, -0.2) is 4.68 Å². The number of rotatable bonds is 6. The SMILES string of the molecule is Cc1c(C(C)Nc2nn(C)c(=O)c3c(OC(C)C)c(=O)n(C4CC4)cc23)cccc1C(F)(F)F. The number of anilines is 1. The Hall–Kier alpha value is -3.30. The van der Waals surface area contributed by atoms with Crippen molar-refractivity contribution in [2.24, 2.45) is 7.05 Å². The minimum Gasteiger partial charge on any atom is -0.485 e. The van der Waals surface area contributed by atoms with Crippen molar-refractivity contribution in [1.29, 1.82) is 0 Å². The molecular formula is C24H27F3N4O3. The normalized spacial score (nSPS) is 15.1. The average Bonchev–Trinajstić information content (AvgIpc) is 3.57. The van der Waals surface area contributed by atoms with Gasteiger partial charge in [0.2, 0.25) is 0 Å².